The molecule has 20 heavy (non-hydrogen) atoms. The van der Waals surface area contributed by atoms with Gasteiger partial charge in [-0.15, -0.1) is 0 Å². The summed E-state index contributed by atoms with van der Waals surface area (Å²) in [6, 6.07) is 3.21. The van der Waals surface area contributed by atoms with Crippen LogP contribution in [0.5, 0.6) is 23.0 Å². The van der Waals surface area contributed by atoms with Crippen LogP contribution in [0.3, 0.4) is 0 Å². The first-order valence-electron chi connectivity index (χ1n) is 6.71. The van der Waals surface area contributed by atoms with Gasteiger partial charge in [0, 0.05) is 11.1 Å². The van der Waals surface area contributed by atoms with E-state index in [4.69, 9.17) is 0 Å². The van der Waals surface area contributed by atoms with Gasteiger partial charge in [0.25, 0.3) is 0 Å². The van der Waals surface area contributed by atoms with Gasteiger partial charge in [-0.05, 0) is 60.1 Å². The highest BCUT2D eigenvalue weighted by Gasteiger charge is 2.31. The van der Waals surface area contributed by atoms with Crippen LogP contribution in [0.4, 0.5) is 0 Å². The van der Waals surface area contributed by atoms with Crippen LogP contribution in [0.25, 0.3) is 11.1 Å². The number of aryl methyl sites for hydroxylation is 2. The Hall–Kier alpha value is -2.36. The minimum absolute atomic E-state index is 0.0604. The van der Waals surface area contributed by atoms with Gasteiger partial charge in [0.15, 0.2) is 23.0 Å². The minimum atomic E-state index is -0.0753. The van der Waals surface area contributed by atoms with E-state index >= 15 is 0 Å². The topological polar surface area (TPSA) is 80.9 Å². The Morgan fingerprint density at radius 3 is 1.40 bits per heavy atom. The van der Waals surface area contributed by atoms with E-state index < -0.39 is 0 Å². The summed E-state index contributed by atoms with van der Waals surface area (Å²) in [5.74, 6) is -0.271. The average Bonchev–Trinajstić information content (AvgIpc) is 2.44. The lowest BCUT2D eigenvalue weighted by molar-refractivity contribution is 0.395. The zero-order chi connectivity index (χ0) is 14.0. The van der Waals surface area contributed by atoms with Crippen LogP contribution in [0, 0.1) is 0 Å². The maximum atomic E-state index is 10.1. The third kappa shape index (κ3) is 1.26. The van der Waals surface area contributed by atoms with Crippen LogP contribution in [-0.2, 0) is 25.7 Å². The summed E-state index contributed by atoms with van der Waals surface area (Å²) in [4.78, 5) is 0. The monoisotopic (exact) mass is 270 g/mol. The van der Waals surface area contributed by atoms with Crippen LogP contribution >= 0.6 is 0 Å². The van der Waals surface area contributed by atoms with E-state index in [0.29, 0.717) is 25.7 Å². The molecular weight excluding hydrogens is 256 g/mol. The summed E-state index contributed by atoms with van der Waals surface area (Å²) in [5.41, 5.74) is 5.34. The molecule has 0 spiro atoms. The van der Waals surface area contributed by atoms with Gasteiger partial charge < -0.3 is 20.4 Å². The summed E-state index contributed by atoms with van der Waals surface area (Å²) in [7, 11) is 0. The molecule has 2 aliphatic carbocycles. The molecular formula is C16H14O4. The van der Waals surface area contributed by atoms with Crippen molar-refractivity contribution < 1.29 is 20.4 Å². The fourth-order valence-electron chi connectivity index (χ4n) is 3.57. The van der Waals surface area contributed by atoms with Gasteiger partial charge in [-0.3, -0.25) is 0 Å². The number of phenolic OH excluding ortho intramolecular Hbond substituents is 4. The van der Waals surface area contributed by atoms with Crippen molar-refractivity contribution in [2.75, 3.05) is 0 Å². The Kier molecular flexibility index (Phi) is 2.06. The van der Waals surface area contributed by atoms with Crippen LogP contribution < -0.4 is 0 Å². The lowest BCUT2D eigenvalue weighted by Gasteiger charge is -2.30. The summed E-state index contributed by atoms with van der Waals surface area (Å²) in [6.07, 6.45) is 2.61. The lowest BCUT2D eigenvalue weighted by atomic mass is 9.74. The van der Waals surface area contributed by atoms with Crippen LogP contribution in [-0.4, -0.2) is 20.4 Å². The fraction of sp³-hybridized carbons (Fsp3) is 0.250. The van der Waals surface area contributed by atoms with Crippen molar-refractivity contribution in [2.24, 2.45) is 0 Å². The Balaban J connectivity index is 2.15. The number of hydrogen-bond donors (Lipinski definition) is 4. The number of rotatable bonds is 0. The molecule has 0 bridgehead atoms. The van der Waals surface area contributed by atoms with Gasteiger partial charge in [0.05, 0.1) is 0 Å². The molecule has 0 unspecified atom stereocenters. The number of aromatic hydroxyl groups is 4. The SMILES string of the molecule is Oc1cc2c3c(c1O)CCc1cc(O)c(O)c(c1-3)CC2. The summed E-state index contributed by atoms with van der Waals surface area (Å²) >= 11 is 0. The second-order valence-corrected chi connectivity index (χ2v) is 5.51. The first-order valence-corrected chi connectivity index (χ1v) is 6.71. The van der Waals surface area contributed by atoms with Crippen LogP contribution in [0.2, 0.25) is 0 Å². The molecule has 0 fully saturated rings. The van der Waals surface area contributed by atoms with E-state index in [1.54, 1.807) is 12.1 Å². The molecule has 4 nitrogen and oxygen atoms in total. The fourth-order valence-corrected chi connectivity index (χ4v) is 3.57. The Morgan fingerprint density at radius 1 is 0.600 bits per heavy atom. The highest BCUT2D eigenvalue weighted by molar-refractivity contribution is 5.86. The quantitative estimate of drug-likeness (QED) is 0.554. The van der Waals surface area contributed by atoms with Crippen molar-refractivity contribution in [3.05, 3.63) is 34.4 Å². The highest BCUT2D eigenvalue weighted by atomic mass is 16.3. The molecule has 4 rings (SSSR count). The van der Waals surface area contributed by atoms with E-state index in [1.165, 1.54) is 0 Å². The molecule has 0 saturated carbocycles. The predicted molar refractivity (Wildman–Crippen MR) is 73.4 cm³/mol. The molecule has 0 aliphatic heterocycles. The van der Waals surface area contributed by atoms with Crippen molar-refractivity contribution in [1.29, 1.82) is 0 Å². The Labute approximate surface area is 115 Å². The first kappa shape index (κ1) is 11.5. The van der Waals surface area contributed by atoms with Crippen molar-refractivity contribution in [2.45, 2.75) is 25.7 Å². The zero-order valence-corrected chi connectivity index (χ0v) is 10.8. The zero-order valence-electron chi connectivity index (χ0n) is 10.8. The molecule has 102 valence electrons. The van der Waals surface area contributed by atoms with Gasteiger partial charge in [-0.2, -0.15) is 0 Å². The standard InChI is InChI=1S/C16H14O4/c17-11-5-7-1-3-9-14-8(6-12(18)15(9)19)2-4-10(13(7)14)16(11)20/h5-6,17-20H,1-4H2. The van der Waals surface area contributed by atoms with Crippen molar-refractivity contribution in [3.63, 3.8) is 0 Å². The highest BCUT2D eigenvalue weighted by Crippen LogP contribution is 2.51. The van der Waals surface area contributed by atoms with E-state index in [0.717, 1.165) is 33.4 Å². The molecule has 0 aromatic heterocycles. The second-order valence-electron chi connectivity index (χ2n) is 5.51. The van der Waals surface area contributed by atoms with Crippen molar-refractivity contribution in [3.8, 4) is 34.1 Å². The number of phenols is 4. The van der Waals surface area contributed by atoms with Gasteiger partial charge in [0.1, 0.15) is 0 Å². The molecule has 0 atom stereocenters. The van der Waals surface area contributed by atoms with Gasteiger partial charge >= 0.3 is 0 Å². The third-order valence-corrected chi connectivity index (χ3v) is 4.46. The second kappa shape index (κ2) is 3.60. The molecule has 4 N–H and O–H groups in total. The van der Waals surface area contributed by atoms with E-state index in [-0.39, 0.29) is 23.0 Å². The molecule has 2 aromatic carbocycles. The van der Waals surface area contributed by atoms with Gasteiger partial charge in [-0.25, -0.2) is 0 Å². The smallest absolute Gasteiger partial charge is 0.161 e. The van der Waals surface area contributed by atoms with Crippen LogP contribution in [0.15, 0.2) is 12.1 Å². The Bertz CT molecular complexity index is 697. The molecule has 0 heterocycles. The van der Waals surface area contributed by atoms with E-state index in [2.05, 4.69) is 0 Å². The largest absolute Gasteiger partial charge is 0.504 e. The summed E-state index contributed by atoms with van der Waals surface area (Å²) in [6.45, 7) is 0. The summed E-state index contributed by atoms with van der Waals surface area (Å²) in [5, 5.41) is 39.8. The van der Waals surface area contributed by atoms with Crippen molar-refractivity contribution in [1.82, 2.24) is 0 Å². The summed E-state index contributed by atoms with van der Waals surface area (Å²) < 4.78 is 0. The molecule has 4 heteroatoms. The maximum absolute atomic E-state index is 10.1. The maximum Gasteiger partial charge on any atom is 0.161 e. The van der Waals surface area contributed by atoms with Gasteiger partial charge in [0.2, 0.25) is 0 Å². The average molecular weight is 270 g/mol. The third-order valence-electron chi connectivity index (χ3n) is 4.46. The molecule has 0 saturated heterocycles. The molecule has 0 amide bonds. The van der Waals surface area contributed by atoms with E-state index in [9.17, 15) is 20.4 Å². The predicted octanol–water partition coefficient (Wildman–Crippen LogP) is 2.37. The van der Waals surface area contributed by atoms with E-state index in [1.807, 2.05) is 0 Å². The molecule has 2 aromatic rings. The minimum Gasteiger partial charge on any atom is -0.504 e. The number of hydrogen-bond acceptors (Lipinski definition) is 4. The molecule has 2 aliphatic rings. The first-order chi connectivity index (χ1) is 9.58. The van der Waals surface area contributed by atoms with Gasteiger partial charge in [-0.1, -0.05) is 0 Å². The van der Waals surface area contributed by atoms with Crippen LogP contribution in [0.1, 0.15) is 22.3 Å². The number of benzene rings is 2. The normalized spacial score (nSPS) is 15.0. The lowest BCUT2D eigenvalue weighted by Crippen LogP contribution is -2.14. The Morgan fingerprint density at radius 2 is 1.00 bits per heavy atom. The molecule has 0 radical (unpaired) electrons. The van der Waals surface area contributed by atoms with Crippen molar-refractivity contribution >= 4 is 0 Å².